The molecule has 1 rings (SSSR count). The number of rotatable bonds is 5. The highest BCUT2D eigenvalue weighted by Gasteiger charge is 2.10. The van der Waals surface area contributed by atoms with Crippen molar-refractivity contribution in [3.8, 4) is 5.88 Å². The van der Waals surface area contributed by atoms with Gasteiger partial charge in [0.2, 0.25) is 5.88 Å². The number of hydrogen-bond donors (Lipinski definition) is 1. The first-order valence-electron chi connectivity index (χ1n) is 4.73. The molecule has 1 aromatic rings. The fourth-order valence-corrected chi connectivity index (χ4v) is 1.25. The summed E-state index contributed by atoms with van der Waals surface area (Å²) in [7, 11) is 0. The summed E-state index contributed by atoms with van der Waals surface area (Å²) in [6.07, 6.45) is 4.23. The maximum atomic E-state index is 5.95. The Kier molecular flexibility index (Phi) is 4.13. The maximum Gasteiger partial charge on any atom is 0.218 e. The summed E-state index contributed by atoms with van der Waals surface area (Å²) < 4.78 is 5.38. The molecule has 0 fully saturated rings. The third-order valence-electron chi connectivity index (χ3n) is 1.90. The third-order valence-corrected chi connectivity index (χ3v) is 1.90. The van der Waals surface area contributed by atoms with Crippen LogP contribution < -0.4 is 10.5 Å². The van der Waals surface area contributed by atoms with Crippen LogP contribution in [0.3, 0.4) is 0 Å². The van der Waals surface area contributed by atoms with Gasteiger partial charge in [0.15, 0.2) is 0 Å². The fraction of sp³-hybridized carbons (Fsp3) is 0.364. The molecule has 1 atom stereocenters. The molecule has 1 aromatic heterocycles. The molecule has 0 aliphatic rings. The summed E-state index contributed by atoms with van der Waals surface area (Å²) in [5.74, 6) is 0.629. The molecule has 2 N–H and O–H groups in total. The Morgan fingerprint density at radius 1 is 1.71 bits per heavy atom. The largest absolute Gasteiger partial charge is 0.478 e. The van der Waals surface area contributed by atoms with Crippen LogP contribution in [0, 0.1) is 0 Å². The van der Waals surface area contributed by atoms with Crippen molar-refractivity contribution in [2.24, 2.45) is 5.73 Å². The first-order valence-corrected chi connectivity index (χ1v) is 4.73. The first kappa shape index (κ1) is 10.7. The Morgan fingerprint density at radius 3 is 3.14 bits per heavy atom. The summed E-state index contributed by atoms with van der Waals surface area (Å²) in [6.45, 7) is 6.19. The summed E-state index contributed by atoms with van der Waals surface area (Å²) >= 11 is 0. The van der Waals surface area contributed by atoms with Gasteiger partial charge in [0.05, 0.1) is 6.61 Å². The molecule has 0 spiro atoms. The van der Waals surface area contributed by atoms with E-state index in [4.69, 9.17) is 10.5 Å². The van der Waals surface area contributed by atoms with Gasteiger partial charge in [0.25, 0.3) is 0 Å². The molecule has 0 aromatic carbocycles. The molecule has 3 heteroatoms. The van der Waals surface area contributed by atoms with Gasteiger partial charge in [-0.2, -0.15) is 0 Å². The lowest BCUT2D eigenvalue weighted by atomic mass is 10.1. The second-order valence-electron chi connectivity index (χ2n) is 2.96. The number of aromatic nitrogens is 1. The highest BCUT2D eigenvalue weighted by atomic mass is 16.5. The normalized spacial score (nSPS) is 12.1. The molecule has 3 nitrogen and oxygen atoms in total. The lowest BCUT2D eigenvalue weighted by Crippen LogP contribution is -2.11. The van der Waals surface area contributed by atoms with Crippen LogP contribution >= 0.6 is 0 Å². The lowest BCUT2D eigenvalue weighted by Gasteiger charge is -2.13. The fourth-order valence-electron chi connectivity index (χ4n) is 1.25. The maximum absolute atomic E-state index is 5.95. The standard InChI is InChI=1S/C11H16N2O/c1-3-6-10(12)9-7-5-8-13-11(9)14-4-2/h3,5,7-8,10H,1,4,6,12H2,2H3/t10-/m0/s1. The van der Waals surface area contributed by atoms with Crippen LogP contribution in [-0.4, -0.2) is 11.6 Å². The van der Waals surface area contributed by atoms with E-state index in [2.05, 4.69) is 11.6 Å². The predicted molar refractivity (Wildman–Crippen MR) is 57.1 cm³/mol. The van der Waals surface area contributed by atoms with Crippen LogP contribution in [0.5, 0.6) is 5.88 Å². The molecular weight excluding hydrogens is 176 g/mol. The van der Waals surface area contributed by atoms with Crippen LogP contribution in [0.25, 0.3) is 0 Å². The van der Waals surface area contributed by atoms with Crippen LogP contribution in [0.15, 0.2) is 31.0 Å². The van der Waals surface area contributed by atoms with Crippen molar-refractivity contribution in [3.63, 3.8) is 0 Å². The smallest absolute Gasteiger partial charge is 0.218 e. The van der Waals surface area contributed by atoms with Crippen molar-refractivity contribution in [2.75, 3.05) is 6.61 Å². The Labute approximate surface area is 84.6 Å². The van der Waals surface area contributed by atoms with Crippen molar-refractivity contribution >= 4 is 0 Å². The average Bonchev–Trinajstić information content (AvgIpc) is 2.19. The van der Waals surface area contributed by atoms with Crippen LogP contribution in [0.4, 0.5) is 0 Å². The Balaban J connectivity index is 2.87. The molecule has 0 saturated heterocycles. The van der Waals surface area contributed by atoms with Gasteiger partial charge >= 0.3 is 0 Å². The van der Waals surface area contributed by atoms with Gasteiger partial charge in [-0.15, -0.1) is 6.58 Å². The van der Waals surface area contributed by atoms with E-state index in [1.165, 1.54) is 0 Å². The van der Waals surface area contributed by atoms with E-state index in [0.29, 0.717) is 12.5 Å². The average molecular weight is 192 g/mol. The van der Waals surface area contributed by atoms with Gasteiger partial charge in [-0.3, -0.25) is 0 Å². The molecule has 0 unspecified atom stereocenters. The topological polar surface area (TPSA) is 48.1 Å². The Bertz CT molecular complexity index is 299. The quantitative estimate of drug-likeness (QED) is 0.726. The minimum absolute atomic E-state index is 0.0808. The van der Waals surface area contributed by atoms with Crippen molar-refractivity contribution in [1.82, 2.24) is 4.98 Å². The summed E-state index contributed by atoms with van der Waals surface area (Å²) in [5, 5.41) is 0. The van der Waals surface area contributed by atoms with Gasteiger partial charge in [-0.1, -0.05) is 12.1 Å². The van der Waals surface area contributed by atoms with Crippen LogP contribution in [0.1, 0.15) is 24.9 Å². The summed E-state index contributed by atoms with van der Waals surface area (Å²) in [6, 6.07) is 3.72. The van der Waals surface area contributed by atoms with E-state index in [9.17, 15) is 0 Å². The number of pyridine rings is 1. The number of ether oxygens (including phenoxy) is 1. The molecule has 0 bridgehead atoms. The van der Waals surface area contributed by atoms with E-state index < -0.39 is 0 Å². The second kappa shape index (κ2) is 5.40. The molecule has 1 heterocycles. The predicted octanol–water partition coefficient (Wildman–Crippen LogP) is 2.06. The second-order valence-corrected chi connectivity index (χ2v) is 2.96. The van der Waals surface area contributed by atoms with Crippen molar-refractivity contribution in [3.05, 3.63) is 36.5 Å². The molecule has 0 aliphatic carbocycles. The van der Waals surface area contributed by atoms with E-state index in [0.717, 1.165) is 12.0 Å². The molecule has 0 amide bonds. The number of nitrogens with zero attached hydrogens (tertiary/aromatic N) is 1. The molecule has 0 saturated carbocycles. The van der Waals surface area contributed by atoms with Gasteiger partial charge in [-0.05, 0) is 19.4 Å². The summed E-state index contributed by atoms with van der Waals surface area (Å²) in [5.41, 5.74) is 6.88. The van der Waals surface area contributed by atoms with Gasteiger partial charge < -0.3 is 10.5 Å². The first-order chi connectivity index (χ1) is 6.79. The van der Waals surface area contributed by atoms with Crippen molar-refractivity contribution in [2.45, 2.75) is 19.4 Å². The molecule has 76 valence electrons. The molecular formula is C11H16N2O. The van der Waals surface area contributed by atoms with Crippen LogP contribution in [-0.2, 0) is 0 Å². The van der Waals surface area contributed by atoms with E-state index in [-0.39, 0.29) is 6.04 Å². The minimum Gasteiger partial charge on any atom is -0.478 e. The Morgan fingerprint density at radius 2 is 2.50 bits per heavy atom. The van der Waals surface area contributed by atoms with E-state index in [1.807, 2.05) is 19.1 Å². The molecule has 0 radical (unpaired) electrons. The molecule has 0 aliphatic heterocycles. The summed E-state index contributed by atoms with van der Waals surface area (Å²) in [4.78, 5) is 4.14. The van der Waals surface area contributed by atoms with Crippen LogP contribution in [0.2, 0.25) is 0 Å². The third kappa shape index (κ3) is 2.57. The van der Waals surface area contributed by atoms with E-state index >= 15 is 0 Å². The number of nitrogens with two attached hydrogens (primary N) is 1. The highest BCUT2D eigenvalue weighted by Crippen LogP contribution is 2.22. The highest BCUT2D eigenvalue weighted by molar-refractivity contribution is 5.29. The monoisotopic (exact) mass is 192 g/mol. The zero-order chi connectivity index (χ0) is 10.4. The van der Waals surface area contributed by atoms with Crippen molar-refractivity contribution < 1.29 is 4.74 Å². The van der Waals surface area contributed by atoms with Crippen molar-refractivity contribution in [1.29, 1.82) is 0 Å². The van der Waals surface area contributed by atoms with Gasteiger partial charge in [0, 0.05) is 17.8 Å². The number of hydrogen-bond acceptors (Lipinski definition) is 3. The lowest BCUT2D eigenvalue weighted by molar-refractivity contribution is 0.320. The zero-order valence-corrected chi connectivity index (χ0v) is 8.44. The van der Waals surface area contributed by atoms with Gasteiger partial charge in [-0.25, -0.2) is 4.98 Å². The van der Waals surface area contributed by atoms with Gasteiger partial charge in [0.1, 0.15) is 0 Å². The molecule has 14 heavy (non-hydrogen) atoms. The minimum atomic E-state index is -0.0808. The zero-order valence-electron chi connectivity index (χ0n) is 8.44. The van der Waals surface area contributed by atoms with E-state index in [1.54, 1.807) is 12.3 Å². The Hall–Kier alpha value is -1.35. The SMILES string of the molecule is C=CC[C@H](N)c1cccnc1OCC.